The molecule has 6 nitrogen and oxygen atoms in total. The van der Waals surface area contributed by atoms with E-state index in [4.69, 9.17) is 4.74 Å². The predicted octanol–water partition coefficient (Wildman–Crippen LogP) is 12.8. The Morgan fingerprint density at radius 1 is 0.519 bits per heavy atom. The molecule has 0 heterocycles. The second-order valence-corrected chi connectivity index (χ2v) is 15.4. The number of ether oxygens (including phenoxy) is 1. The van der Waals surface area contributed by atoms with Gasteiger partial charge in [0.1, 0.15) is 0 Å². The number of unbranched alkanes of at least 4 members (excludes halogenated alkanes) is 28. The van der Waals surface area contributed by atoms with E-state index in [-0.39, 0.29) is 18.5 Å². The maximum atomic E-state index is 12.3. The van der Waals surface area contributed by atoms with Gasteiger partial charge in [0.25, 0.3) is 0 Å². The van der Waals surface area contributed by atoms with Crippen LogP contribution >= 0.6 is 0 Å². The maximum absolute atomic E-state index is 12.3. The van der Waals surface area contributed by atoms with E-state index in [2.05, 4.69) is 31.3 Å². The molecule has 0 aromatic rings. The molecule has 3 N–H and O–H groups in total. The van der Waals surface area contributed by atoms with E-state index in [0.717, 1.165) is 57.8 Å². The average Bonchev–Trinajstić information content (AvgIpc) is 3.14. The van der Waals surface area contributed by atoms with Crippen LogP contribution in [0.15, 0.2) is 24.3 Å². The lowest BCUT2D eigenvalue weighted by Crippen LogP contribution is -2.45. The fourth-order valence-electron chi connectivity index (χ4n) is 6.68. The van der Waals surface area contributed by atoms with Gasteiger partial charge in [-0.15, -0.1) is 0 Å². The minimum atomic E-state index is -0.850. The van der Waals surface area contributed by atoms with Gasteiger partial charge in [0.05, 0.1) is 25.4 Å². The summed E-state index contributed by atoms with van der Waals surface area (Å²) < 4.78 is 5.44. The Morgan fingerprint density at radius 3 is 1.38 bits per heavy atom. The van der Waals surface area contributed by atoms with Crippen LogP contribution < -0.4 is 5.32 Å². The summed E-state index contributed by atoms with van der Waals surface area (Å²) in [6, 6.07) is -0.635. The standard InChI is InChI=1S/C46H87NO5/c1-3-5-7-9-11-13-14-16-20-24-28-32-36-40-46(51)52-41-37-33-29-25-21-18-15-17-19-23-27-31-35-39-45(50)47-43(42-48)44(49)38-34-30-26-22-12-10-8-6-4-2/h13-14,34,38,43-44,48-49H,3-12,15-33,35-37,39-42H2,1-2H3,(H,47,50)/b14-13-,38-34+. The number of hydrogen-bond donors (Lipinski definition) is 3. The number of allylic oxidation sites excluding steroid dienone is 3. The van der Waals surface area contributed by atoms with Crippen LogP contribution in [0.25, 0.3) is 0 Å². The summed E-state index contributed by atoms with van der Waals surface area (Å²) in [5, 5.41) is 22.8. The summed E-state index contributed by atoms with van der Waals surface area (Å²) in [6.45, 7) is 4.81. The van der Waals surface area contributed by atoms with E-state index < -0.39 is 12.1 Å². The number of aliphatic hydroxyl groups excluding tert-OH is 2. The van der Waals surface area contributed by atoms with Gasteiger partial charge in [0.2, 0.25) is 5.91 Å². The van der Waals surface area contributed by atoms with Crippen molar-refractivity contribution in [2.75, 3.05) is 13.2 Å². The molecule has 0 aromatic heterocycles. The van der Waals surface area contributed by atoms with Crippen molar-refractivity contribution in [3.05, 3.63) is 24.3 Å². The van der Waals surface area contributed by atoms with Crippen molar-refractivity contribution in [2.45, 2.75) is 244 Å². The molecule has 0 saturated heterocycles. The van der Waals surface area contributed by atoms with Crippen LogP contribution in [-0.2, 0) is 14.3 Å². The fourth-order valence-corrected chi connectivity index (χ4v) is 6.68. The van der Waals surface area contributed by atoms with E-state index in [1.807, 2.05) is 6.08 Å². The van der Waals surface area contributed by atoms with E-state index >= 15 is 0 Å². The molecule has 0 fully saturated rings. The van der Waals surface area contributed by atoms with Crippen LogP contribution in [0, 0.1) is 0 Å². The monoisotopic (exact) mass is 734 g/mol. The quantitative estimate of drug-likeness (QED) is 0.0330. The molecule has 0 spiro atoms. The van der Waals surface area contributed by atoms with Crippen molar-refractivity contribution in [3.8, 4) is 0 Å². The van der Waals surface area contributed by atoms with Crippen LogP contribution in [0.5, 0.6) is 0 Å². The average molecular weight is 734 g/mol. The number of nitrogens with one attached hydrogen (secondary N) is 1. The molecular formula is C46H87NO5. The van der Waals surface area contributed by atoms with E-state index in [1.165, 1.54) is 148 Å². The van der Waals surface area contributed by atoms with Crippen LogP contribution in [0.3, 0.4) is 0 Å². The molecule has 0 aliphatic carbocycles. The van der Waals surface area contributed by atoms with Gasteiger partial charge >= 0.3 is 5.97 Å². The van der Waals surface area contributed by atoms with E-state index in [0.29, 0.717) is 19.4 Å². The molecule has 0 saturated carbocycles. The zero-order valence-electron chi connectivity index (χ0n) is 34.5. The Labute approximate surface area is 322 Å². The maximum Gasteiger partial charge on any atom is 0.305 e. The van der Waals surface area contributed by atoms with Gasteiger partial charge < -0.3 is 20.3 Å². The van der Waals surface area contributed by atoms with Crippen molar-refractivity contribution in [1.82, 2.24) is 5.32 Å². The number of aliphatic hydroxyl groups is 2. The second kappa shape index (κ2) is 42.1. The molecule has 0 aliphatic heterocycles. The van der Waals surface area contributed by atoms with Crippen LogP contribution in [0.2, 0.25) is 0 Å². The first-order valence-electron chi connectivity index (χ1n) is 22.6. The van der Waals surface area contributed by atoms with Gasteiger partial charge in [-0.25, -0.2) is 0 Å². The van der Waals surface area contributed by atoms with Gasteiger partial charge in [-0.05, 0) is 57.8 Å². The summed E-state index contributed by atoms with van der Waals surface area (Å²) in [5.41, 5.74) is 0. The first kappa shape index (κ1) is 50.3. The smallest absolute Gasteiger partial charge is 0.305 e. The van der Waals surface area contributed by atoms with Crippen molar-refractivity contribution in [3.63, 3.8) is 0 Å². The lowest BCUT2D eigenvalue weighted by molar-refractivity contribution is -0.143. The van der Waals surface area contributed by atoms with E-state index in [1.54, 1.807) is 6.08 Å². The number of amides is 1. The lowest BCUT2D eigenvalue weighted by Gasteiger charge is -2.20. The fraction of sp³-hybridized carbons (Fsp3) is 0.870. The first-order valence-corrected chi connectivity index (χ1v) is 22.6. The van der Waals surface area contributed by atoms with Gasteiger partial charge in [-0.1, -0.05) is 186 Å². The normalized spacial score (nSPS) is 12.9. The Kier molecular flexibility index (Phi) is 40.7. The third kappa shape index (κ3) is 38.1. The molecule has 2 unspecified atom stereocenters. The molecule has 0 aliphatic rings. The highest BCUT2D eigenvalue weighted by Gasteiger charge is 2.18. The Morgan fingerprint density at radius 2 is 0.904 bits per heavy atom. The van der Waals surface area contributed by atoms with Gasteiger partial charge in [0.15, 0.2) is 0 Å². The zero-order chi connectivity index (χ0) is 38.0. The Hall–Kier alpha value is -1.66. The molecule has 2 atom stereocenters. The molecule has 0 radical (unpaired) electrons. The molecule has 0 rings (SSSR count). The van der Waals surface area contributed by atoms with Crippen LogP contribution in [-0.4, -0.2) is 47.4 Å². The molecule has 0 aromatic carbocycles. The summed E-state index contributed by atoms with van der Waals surface area (Å²) in [6.07, 6.45) is 47.3. The topological polar surface area (TPSA) is 95.9 Å². The molecule has 1 amide bonds. The largest absolute Gasteiger partial charge is 0.466 e. The number of hydrogen-bond acceptors (Lipinski definition) is 5. The molecule has 306 valence electrons. The number of esters is 1. The van der Waals surface area contributed by atoms with Gasteiger partial charge in [-0.2, -0.15) is 0 Å². The minimum absolute atomic E-state index is 0.0173. The van der Waals surface area contributed by atoms with Crippen molar-refractivity contribution < 1.29 is 24.5 Å². The third-order valence-electron chi connectivity index (χ3n) is 10.2. The van der Waals surface area contributed by atoms with Crippen molar-refractivity contribution in [1.29, 1.82) is 0 Å². The Bertz CT molecular complexity index is 813. The summed E-state index contributed by atoms with van der Waals surface area (Å²) >= 11 is 0. The zero-order valence-corrected chi connectivity index (χ0v) is 34.5. The first-order chi connectivity index (χ1) is 25.5. The Balaban J connectivity index is 3.47. The molecular weight excluding hydrogens is 647 g/mol. The predicted molar refractivity (Wildman–Crippen MR) is 223 cm³/mol. The highest BCUT2D eigenvalue weighted by Crippen LogP contribution is 2.14. The van der Waals surface area contributed by atoms with Gasteiger partial charge in [-0.3, -0.25) is 9.59 Å². The van der Waals surface area contributed by atoms with Crippen LogP contribution in [0.4, 0.5) is 0 Å². The third-order valence-corrected chi connectivity index (χ3v) is 10.2. The SMILES string of the molecule is CCCCCC/C=C\CCCCCCCC(=O)OCCCCCCCCCCCCCCCC(=O)NC(CO)C(O)/C=C/CCCCCCCCC. The summed E-state index contributed by atoms with van der Waals surface area (Å²) in [4.78, 5) is 24.3. The summed E-state index contributed by atoms with van der Waals surface area (Å²) in [5.74, 6) is -0.102. The highest BCUT2D eigenvalue weighted by molar-refractivity contribution is 5.76. The molecule has 0 bridgehead atoms. The van der Waals surface area contributed by atoms with Gasteiger partial charge in [0, 0.05) is 12.8 Å². The van der Waals surface area contributed by atoms with E-state index in [9.17, 15) is 19.8 Å². The summed E-state index contributed by atoms with van der Waals surface area (Å²) in [7, 11) is 0. The molecule has 6 heteroatoms. The molecule has 52 heavy (non-hydrogen) atoms. The minimum Gasteiger partial charge on any atom is -0.466 e. The number of carbonyl (C=O) groups is 2. The number of carbonyl (C=O) groups excluding carboxylic acids is 2. The van der Waals surface area contributed by atoms with Crippen molar-refractivity contribution >= 4 is 11.9 Å². The van der Waals surface area contributed by atoms with Crippen molar-refractivity contribution in [2.24, 2.45) is 0 Å². The highest BCUT2D eigenvalue weighted by atomic mass is 16.5. The lowest BCUT2D eigenvalue weighted by atomic mass is 10.0. The number of rotatable bonds is 41. The van der Waals surface area contributed by atoms with Crippen LogP contribution in [0.1, 0.15) is 232 Å². The second-order valence-electron chi connectivity index (χ2n) is 15.4.